The number of nitrogens with one attached hydrogen (secondary N) is 1. The van der Waals surface area contributed by atoms with Crippen molar-refractivity contribution in [3.8, 4) is 5.75 Å². The second-order valence-corrected chi connectivity index (χ2v) is 7.85. The highest BCUT2D eigenvalue weighted by Gasteiger charge is 2.11. The van der Waals surface area contributed by atoms with E-state index in [9.17, 15) is 0 Å². The Bertz CT molecular complexity index is 410. The predicted octanol–water partition coefficient (Wildman–Crippen LogP) is 5.01. The molecular weight excluding hydrogens is 314 g/mol. The van der Waals surface area contributed by atoms with Gasteiger partial charge in [-0.1, -0.05) is 50.5 Å². The van der Waals surface area contributed by atoms with E-state index in [0.29, 0.717) is 11.3 Å². The van der Waals surface area contributed by atoms with Gasteiger partial charge in [0.1, 0.15) is 5.75 Å². The molecule has 0 heterocycles. The van der Waals surface area contributed by atoms with E-state index < -0.39 is 0 Å². The first kappa shape index (κ1) is 17.5. The Labute approximate surface area is 132 Å². The van der Waals surface area contributed by atoms with E-state index in [4.69, 9.17) is 4.74 Å². The molecule has 114 valence electrons. The number of halogens is 1. The fraction of sp³-hybridized carbons (Fsp3) is 0.647. The third kappa shape index (κ3) is 7.30. The van der Waals surface area contributed by atoms with Crippen LogP contribution in [-0.4, -0.2) is 13.2 Å². The molecule has 0 aromatic heterocycles. The van der Waals surface area contributed by atoms with Gasteiger partial charge < -0.3 is 10.1 Å². The second kappa shape index (κ2) is 8.04. The molecule has 1 N–H and O–H groups in total. The smallest absolute Gasteiger partial charge is 0.123 e. The van der Waals surface area contributed by atoms with Crippen molar-refractivity contribution in [2.24, 2.45) is 11.3 Å². The summed E-state index contributed by atoms with van der Waals surface area (Å²) in [6, 6.07) is 6.23. The maximum atomic E-state index is 5.96. The van der Waals surface area contributed by atoms with E-state index in [0.717, 1.165) is 36.3 Å². The van der Waals surface area contributed by atoms with E-state index in [-0.39, 0.29) is 0 Å². The van der Waals surface area contributed by atoms with E-state index in [2.05, 4.69) is 68.0 Å². The number of hydrogen-bond acceptors (Lipinski definition) is 2. The molecule has 0 amide bonds. The van der Waals surface area contributed by atoms with E-state index in [1.165, 1.54) is 5.56 Å². The molecule has 3 heteroatoms. The molecule has 0 spiro atoms. The molecule has 1 aromatic carbocycles. The maximum absolute atomic E-state index is 5.96. The highest BCUT2D eigenvalue weighted by molar-refractivity contribution is 9.10. The molecule has 0 saturated heterocycles. The van der Waals surface area contributed by atoms with Gasteiger partial charge in [-0.3, -0.25) is 0 Å². The van der Waals surface area contributed by atoms with Crippen molar-refractivity contribution in [2.75, 3.05) is 13.2 Å². The topological polar surface area (TPSA) is 21.3 Å². The summed E-state index contributed by atoms with van der Waals surface area (Å²) < 4.78 is 7.06. The number of hydrogen-bond donors (Lipinski definition) is 1. The summed E-state index contributed by atoms with van der Waals surface area (Å²) >= 11 is 3.53. The Balaban J connectivity index is 2.60. The molecule has 1 aromatic rings. The van der Waals surface area contributed by atoms with Crippen molar-refractivity contribution in [1.29, 1.82) is 0 Å². The Morgan fingerprint density at radius 2 is 1.95 bits per heavy atom. The molecule has 0 bridgehead atoms. The van der Waals surface area contributed by atoms with Crippen LogP contribution >= 0.6 is 15.9 Å². The summed E-state index contributed by atoms with van der Waals surface area (Å²) in [5, 5.41) is 3.47. The maximum Gasteiger partial charge on any atom is 0.123 e. The second-order valence-electron chi connectivity index (χ2n) is 6.94. The van der Waals surface area contributed by atoms with Gasteiger partial charge in [0.15, 0.2) is 0 Å². The minimum Gasteiger partial charge on any atom is -0.493 e. The highest BCUT2D eigenvalue weighted by atomic mass is 79.9. The fourth-order valence-corrected chi connectivity index (χ4v) is 2.20. The zero-order valence-corrected chi connectivity index (χ0v) is 15.0. The highest BCUT2D eigenvalue weighted by Crippen LogP contribution is 2.25. The van der Waals surface area contributed by atoms with Crippen LogP contribution in [0.1, 0.15) is 46.6 Å². The van der Waals surface area contributed by atoms with Crippen molar-refractivity contribution in [2.45, 2.75) is 47.6 Å². The zero-order chi connectivity index (χ0) is 15.2. The van der Waals surface area contributed by atoms with Gasteiger partial charge in [0, 0.05) is 16.6 Å². The van der Waals surface area contributed by atoms with Gasteiger partial charge in [-0.25, -0.2) is 0 Å². The van der Waals surface area contributed by atoms with Crippen LogP contribution in [-0.2, 0) is 6.54 Å². The first-order valence-corrected chi connectivity index (χ1v) is 8.19. The van der Waals surface area contributed by atoms with E-state index in [1.807, 2.05) is 6.07 Å². The average Bonchev–Trinajstić information content (AvgIpc) is 2.30. The third-order valence-corrected chi connectivity index (χ3v) is 3.49. The lowest BCUT2D eigenvalue weighted by Crippen LogP contribution is -2.19. The summed E-state index contributed by atoms with van der Waals surface area (Å²) in [5.74, 6) is 1.65. The first-order valence-electron chi connectivity index (χ1n) is 7.40. The molecular formula is C17H28BrNO. The summed E-state index contributed by atoms with van der Waals surface area (Å²) in [6.07, 6.45) is 1.06. The molecule has 0 aliphatic carbocycles. The Morgan fingerprint density at radius 3 is 2.55 bits per heavy atom. The van der Waals surface area contributed by atoms with Gasteiger partial charge in [0.25, 0.3) is 0 Å². The minimum atomic E-state index is 0.311. The summed E-state index contributed by atoms with van der Waals surface area (Å²) in [7, 11) is 0. The van der Waals surface area contributed by atoms with Crippen LogP contribution in [0.15, 0.2) is 22.7 Å². The number of benzene rings is 1. The lowest BCUT2D eigenvalue weighted by molar-refractivity contribution is 0.241. The molecule has 0 saturated carbocycles. The number of rotatable bonds is 7. The molecule has 0 aliphatic heterocycles. The van der Waals surface area contributed by atoms with Crippen molar-refractivity contribution < 1.29 is 4.74 Å². The minimum absolute atomic E-state index is 0.311. The Hall–Kier alpha value is -0.540. The third-order valence-electron chi connectivity index (χ3n) is 3.00. The van der Waals surface area contributed by atoms with Gasteiger partial charge in [0.2, 0.25) is 0 Å². The fourth-order valence-electron chi connectivity index (χ4n) is 1.79. The first-order chi connectivity index (χ1) is 9.28. The van der Waals surface area contributed by atoms with Crippen molar-refractivity contribution >= 4 is 15.9 Å². The predicted molar refractivity (Wildman–Crippen MR) is 90.3 cm³/mol. The van der Waals surface area contributed by atoms with Crippen molar-refractivity contribution in [1.82, 2.24) is 5.32 Å². The average molecular weight is 342 g/mol. The van der Waals surface area contributed by atoms with E-state index in [1.54, 1.807) is 0 Å². The summed E-state index contributed by atoms with van der Waals surface area (Å²) in [4.78, 5) is 0. The van der Waals surface area contributed by atoms with Crippen LogP contribution in [0.5, 0.6) is 5.75 Å². The van der Waals surface area contributed by atoms with Crippen LogP contribution in [0, 0.1) is 11.3 Å². The van der Waals surface area contributed by atoms with E-state index >= 15 is 0 Å². The van der Waals surface area contributed by atoms with Crippen LogP contribution < -0.4 is 10.1 Å². The van der Waals surface area contributed by atoms with Crippen LogP contribution in [0.4, 0.5) is 0 Å². The summed E-state index contributed by atoms with van der Waals surface area (Å²) in [5.41, 5.74) is 1.53. The lowest BCUT2D eigenvalue weighted by Gasteiger charge is -2.19. The molecule has 0 unspecified atom stereocenters. The number of ether oxygens (including phenoxy) is 1. The quantitative estimate of drug-likeness (QED) is 0.752. The normalized spacial score (nSPS) is 11.9. The van der Waals surface area contributed by atoms with Gasteiger partial charge >= 0.3 is 0 Å². The molecule has 1 rings (SSSR count). The van der Waals surface area contributed by atoms with Crippen molar-refractivity contribution in [3.05, 3.63) is 28.2 Å². The molecule has 0 atom stereocenters. The van der Waals surface area contributed by atoms with Crippen LogP contribution in [0.2, 0.25) is 0 Å². The molecule has 2 nitrogen and oxygen atoms in total. The van der Waals surface area contributed by atoms with Crippen LogP contribution in [0.3, 0.4) is 0 Å². The standard InChI is InChI=1S/C17H28BrNO/c1-13(2)11-19-12-14-10-15(18)6-7-16(14)20-9-8-17(3,4)5/h6-7,10,13,19H,8-9,11-12H2,1-5H3. The van der Waals surface area contributed by atoms with Crippen molar-refractivity contribution in [3.63, 3.8) is 0 Å². The SMILES string of the molecule is CC(C)CNCc1cc(Br)ccc1OCCC(C)(C)C. The Kier molecular flexibility index (Phi) is 7.04. The monoisotopic (exact) mass is 341 g/mol. The van der Waals surface area contributed by atoms with Gasteiger partial charge in [0.05, 0.1) is 6.61 Å². The molecule has 0 fully saturated rings. The largest absolute Gasteiger partial charge is 0.493 e. The van der Waals surface area contributed by atoms with Gasteiger partial charge in [-0.05, 0) is 42.5 Å². The van der Waals surface area contributed by atoms with Gasteiger partial charge in [-0.2, -0.15) is 0 Å². The van der Waals surface area contributed by atoms with Gasteiger partial charge in [-0.15, -0.1) is 0 Å². The van der Waals surface area contributed by atoms with Crippen LogP contribution in [0.25, 0.3) is 0 Å². The lowest BCUT2D eigenvalue weighted by atomic mass is 9.93. The molecule has 20 heavy (non-hydrogen) atoms. The zero-order valence-electron chi connectivity index (χ0n) is 13.4. The Morgan fingerprint density at radius 1 is 1.25 bits per heavy atom. The molecule has 0 aliphatic rings. The molecule has 0 radical (unpaired) electrons. The summed E-state index contributed by atoms with van der Waals surface area (Å²) in [6.45, 7) is 13.8.